The van der Waals surface area contributed by atoms with Crippen LogP contribution in [0.15, 0.2) is 0 Å². The van der Waals surface area contributed by atoms with E-state index in [1.165, 1.54) is 270 Å². The van der Waals surface area contributed by atoms with Gasteiger partial charge in [0, 0.05) is 25.7 Å². The number of phosphoric ester groups is 2. The highest BCUT2D eigenvalue weighted by atomic mass is 31.2. The molecule has 0 fully saturated rings. The van der Waals surface area contributed by atoms with Gasteiger partial charge in [-0.25, -0.2) is 9.13 Å². The lowest BCUT2D eigenvalue weighted by Gasteiger charge is -2.21. The summed E-state index contributed by atoms with van der Waals surface area (Å²) in [7, 11) is -9.92. The molecule has 0 aliphatic heterocycles. The Balaban J connectivity index is 5.18. The van der Waals surface area contributed by atoms with Crippen LogP contribution in [0.5, 0.6) is 0 Å². The van der Waals surface area contributed by atoms with Gasteiger partial charge in [0.1, 0.15) is 19.3 Å². The van der Waals surface area contributed by atoms with Gasteiger partial charge in [0.15, 0.2) is 12.2 Å². The van der Waals surface area contributed by atoms with Gasteiger partial charge >= 0.3 is 39.5 Å². The molecule has 0 aromatic carbocycles. The van der Waals surface area contributed by atoms with E-state index < -0.39 is 97.5 Å². The van der Waals surface area contributed by atoms with Crippen LogP contribution >= 0.6 is 15.6 Å². The van der Waals surface area contributed by atoms with Gasteiger partial charge in [-0.05, 0) is 37.5 Å². The van der Waals surface area contributed by atoms with Crippen LogP contribution in [0.25, 0.3) is 0 Å². The fraction of sp³-hybridized carbons (Fsp3) is 0.953. The van der Waals surface area contributed by atoms with E-state index >= 15 is 0 Å². The van der Waals surface area contributed by atoms with E-state index in [4.69, 9.17) is 37.0 Å². The van der Waals surface area contributed by atoms with Crippen molar-refractivity contribution in [3.8, 4) is 0 Å². The second-order valence-corrected chi connectivity index (χ2v) is 34.8. The van der Waals surface area contributed by atoms with E-state index in [1.807, 2.05) is 0 Å². The smallest absolute Gasteiger partial charge is 0.462 e. The molecule has 0 aromatic heterocycles. The van der Waals surface area contributed by atoms with Crippen LogP contribution < -0.4 is 0 Å². The highest BCUT2D eigenvalue weighted by Gasteiger charge is 2.30. The molecule has 19 heteroatoms. The number of carbonyl (C=O) groups excluding carboxylic acids is 4. The summed E-state index contributed by atoms with van der Waals surface area (Å²) in [5.41, 5.74) is 0. The summed E-state index contributed by atoms with van der Waals surface area (Å²) in [4.78, 5) is 73.1. The molecule has 0 radical (unpaired) electrons. The first-order chi connectivity index (χ1) is 50.9. The second-order valence-electron chi connectivity index (χ2n) is 31.9. The zero-order valence-electron chi connectivity index (χ0n) is 69.0. The molecule has 0 saturated carbocycles. The van der Waals surface area contributed by atoms with E-state index in [2.05, 4.69) is 41.5 Å². The van der Waals surface area contributed by atoms with E-state index in [1.54, 1.807) is 0 Å². The minimum absolute atomic E-state index is 0.107. The Hall–Kier alpha value is -1.94. The predicted octanol–water partition coefficient (Wildman–Crippen LogP) is 26.2. The van der Waals surface area contributed by atoms with Crippen LogP contribution in [-0.2, 0) is 65.4 Å². The standard InChI is InChI=1S/C86H168O17P2/c1-7-9-11-13-15-17-18-19-20-21-22-23-24-25-26-31-36-41-46-52-58-64-70-86(91)103-82(75-97-84(89)69-63-57-51-45-40-35-30-28-27-29-33-38-43-48-54-60-66-78(3)4)77-101-105(94,95)99-73-80(87)72-98-104(92,93)100-76-81(74-96-83(88)68-62-56-50-16-14-12-10-8-2)102-85(90)71-65-59-53-47-42-37-32-34-39-44-49-55-61-67-79(5)6/h78-82,87H,7-77H2,1-6H3,(H,92,93)(H,94,95)/t80-,81+,82+/m0/s1. The summed E-state index contributed by atoms with van der Waals surface area (Å²) in [6, 6.07) is 0. The lowest BCUT2D eigenvalue weighted by molar-refractivity contribution is -0.161. The molecule has 105 heavy (non-hydrogen) atoms. The van der Waals surface area contributed by atoms with Gasteiger partial charge < -0.3 is 33.8 Å². The molecular weight excluding hydrogens is 1370 g/mol. The average Bonchev–Trinajstić information content (AvgIpc) is 0.919. The van der Waals surface area contributed by atoms with Gasteiger partial charge in [0.25, 0.3) is 0 Å². The van der Waals surface area contributed by atoms with Crippen LogP contribution in [-0.4, -0.2) is 96.7 Å². The van der Waals surface area contributed by atoms with Crippen LogP contribution in [0.1, 0.15) is 459 Å². The number of carbonyl (C=O) groups is 4. The number of unbranched alkanes of at least 4 members (excludes halogenated alkanes) is 55. The maximum Gasteiger partial charge on any atom is 0.472 e. The van der Waals surface area contributed by atoms with E-state index in [0.29, 0.717) is 25.7 Å². The van der Waals surface area contributed by atoms with Gasteiger partial charge in [0.2, 0.25) is 0 Å². The van der Waals surface area contributed by atoms with Crippen molar-refractivity contribution in [2.45, 2.75) is 477 Å². The fourth-order valence-electron chi connectivity index (χ4n) is 13.4. The molecule has 0 rings (SSSR count). The summed E-state index contributed by atoms with van der Waals surface area (Å²) in [5, 5.41) is 10.7. The van der Waals surface area contributed by atoms with Crippen LogP contribution in [0.2, 0.25) is 0 Å². The maximum absolute atomic E-state index is 13.1. The molecule has 0 saturated heterocycles. The molecule has 0 aromatic rings. The largest absolute Gasteiger partial charge is 0.472 e. The van der Waals surface area contributed by atoms with Crippen molar-refractivity contribution in [2.75, 3.05) is 39.6 Å². The van der Waals surface area contributed by atoms with Gasteiger partial charge in [-0.2, -0.15) is 0 Å². The van der Waals surface area contributed by atoms with Crippen LogP contribution in [0.4, 0.5) is 0 Å². The van der Waals surface area contributed by atoms with Crippen molar-refractivity contribution in [3.05, 3.63) is 0 Å². The maximum atomic E-state index is 13.1. The van der Waals surface area contributed by atoms with Crippen LogP contribution in [0.3, 0.4) is 0 Å². The lowest BCUT2D eigenvalue weighted by atomic mass is 10.0. The molecule has 0 aliphatic rings. The van der Waals surface area contributed by atoms with Crippen molar-refractivity contribution in [1.82, 2.24) is 0 Å². The van der Waals surface area contributed by atoms with Crippen molar-refractivity contribution in [3.63, 3.8) is 0 Å². The Morgan fingerprint density at radius 1 is 0.257 bits per heavy atom. The highest BCUT2D eigenvalue weighted by Crippen LogP contribution is 2.45. The second kappa shape index (κ2) is 77.4. The minimum atomic E-state index is -4.96. The Morgan fingerprint density at radius 2 is 0.438 bits per heavy atom. The van der Waals surface area contributed by atoms with Crippen molar-refractivity contribution in [2.24, 2.45) is 11.8 Å². The number of phosphoric acid groups is 2. The molecule has 624 valence electrons. The molecule has 0 aliphatic carbocycles. The molecule has 3 N–H and O–H groups in total. The quantitative estimate of drug-likeness (QED) is 0.0222. The number of aliphatic hydroxyl groups excluding tert-OH is 1. The highest BCUT2D eigenvalue weighted by molar-refractivity contribution is 7.47. The Labute approximate surface area is 645 Å². The van der Waals surface area contributed by atoms with E-state index in [0.717, 1.165) is 108 Å². The average molecular weight is 1540 g/mol. The lowest BCUT2D eigenvalue weighted by Crippen LogP contribution is -2.30. The molecule has 5 atom stereocenters. The number of rotatable bonds is 85. The monoisotopic (exact) mass is 1540 g/mol. The van der Waals surface area contributed by atoms with Crippen LogP contribution in [0, 0.1) is 11.8 Å². The number of hydrogen-bond acceptors (Lipinski definition) is 15. The first-order valence-electron chi connectivity index (χ1n) is 44.5. The first-order valence-corrected chi connectivity index (χ1v) is 47.5. The molecule has 0 amide bonds. The molecular formula is C86H168O17P2. The third-order valence-corrected chi connectivity index (χ3v) is 22.1. The molecule has 0 bridgehead atoms. The third kappa shape index (κ3) is 79.9. The summed E-state index contributed by atoms with van der Waals surface area (Å²) >= 11 is 0. The Bertz CT molecular complexity index is 2010. The number of aliphatic hydroxyl groups is 1. The Morgan fingerprint density at radius 3 is 0.648 bits per heavy atom. The number of esters is 4. The Kier molecular flexibility index (Phi) is 76.0. The molecule has 0 spiro atoms. The van der Waals surface area contributed by atoms with Gasteiger partial charge in [-0.15, -0.1) is 0 Å². The minimum Gasteiger partial charge on any atom is -0.462 e. The number of hydrogen-bond donors (Lipinski definition) is 3. The fourth-order valence-corrected chi connectivity index (χ4v) is 15.0. The van der Waals surface area contributed by atoms with E-state index in [-0.39, 0.29) is 25.7 Å². The van der Waals surface area contributed by atoms with E-state index in [9.17, 15) is 43.2 Å². The SMILES string of the molecule is CCCCCCCCCCCCCCCCCCCCCCCCC(=O)O[C@H](COC(=O)CCCCCCCCCCCCCCCCCCC(C)C)COP(=O)(O)OC[C@@H](O)COP(=O)(O)OC[C@@H](COC(=O)CCCCCCCCCC)OC(=O)CCCCCCCCCCCCCCCC(C)C. The van der Waals surface area contributed by atoms with Gasteiger partial charge in [-0.1, -0.05) is 408 Å². The van der Waals surface area contributed by atoms with Gasteiger partial charge in [-0.3, -0.25) is 37.3 Å². The zero-order valence-corrected chi connectivity index (χ0v) is 70.8. The predicted molar refractivity (Wildman–Crippen MR) is 432 cm³/mol. The topological polar surface area (TPSA) is 237 Å². The zero-order chi connectivity index (χ0) is 77.1. The molecule has 0 heterocycles. The normalized spacial score (nSPS) is 13.8. The number of ether oxygens (including phenoxy) is 4. The summed E-state index contributed by atoms with van der Waals surface area (Å²) in [6.45, 7) is 9.68. The summed E-state index contributed by atoms with van der Waals surface area (Å²) in [6.07, 6.45) is 69.6. The van der Waals surface area contributed by atoms with Crippen molar-refractivity contribution >= 4 is 39.5 Å². The van der Waals surface area contributed by atoms with Crippen molar-refractivity contribution in [1.29, 1.82) is 0 Å². The first kappa shape index (κ1) is 103. The third-order valence-electron chi connectivity index (χ3n) is 20.2. The summed E-state index contributed by atoms with van der Waals surface area (Å²) < 4.78 is 68.8. The molecule has 17 nitrogen and oxygen atoms in total. The summed E-state index contributed by atoms with van der Waals surface area (Å²) in [5.74, 6) is -0.506. The molecule has 2 unspecified atom stereocenters. The van der Waals surface area contributed by atoms with Gasteiger partial charge in [0.05, 0.1) is 26.4 Å². The van der Waals surface area contributed by atoms with Crippen molar-refractivity contribution < 1.29 is 80.2 Å².